The van der Waals surface area contributed by atoms with E-state index in [1.807, 2.05) is 0 Å². The number of imidazole rings is 1. The number of aromatic nitrogens is 2. The van der Waals surface area contributed by atoms with Crippen molar-refractivity contribution in [2.24, 2.45) is 7.05 Å². The number of halogens is 2. The van der Waals surface area contributed by atoms with Crippen LogP contribution < -0.4 is 10.1 Å². The minimum atomic E-state index is -4.73. The van der Waals surface area contributed by atoms with E-state index in [1.165, 1.54) is 19.2 Å². The number of nitrogens with zero attached hydrogens (tertiary/aromatic N) is 2. The fourth-order valence-corrected chi connectivity index (χ4v) is 3.61. The van der Waals surface area contributed by atoms with Crippen LogP contribution in [0.5, 0.6) is 5.75 Å². The number of carbonyl (C=O) groups is 1. The first kappa shape index (κ1) is 21.4. The van der Waals surface area contributed by atoms with Gasteiger partial charge in [-0.25, -0.2) is 13.4 Å². The summed E-state index contributed by atoms with van der Waals surface area (Å²) in [4.78, 5) is 16.6. The second kappa shape index (κ2) is 8.62. The molecule has 1 N–H and O–H groups in total. The van der Waals surface area contributed by atoms with E-state index in [1.54, 1.807) is 48.3 Å². The van der Waals surface area contributed by atoms with Crippen LogP contribution in [-0.4, -0.2) is 36.7 Å². The number of rotatable bonds is 7. The minimum absolute atomic E-state index is 0.116. The normalized spacial score (nSPS) is 12.6. The van der Waals surface area contributed by atoms with Crippen molar-refractivity contribution < 1.29 is 26.7 Å². The third-order valence-corrected chi connectivity index (χ3v) is 5.90. The summed E-state index contributed by atoms with van der Waals surface area (Å²) < 4.78 is 55.5. The number of nitrogens with one attached hydrogen (secondary N) is 1. The average Bonchev–Trinajstić information content (AvgIpc) is 3.17. The van der Waals surface area contributed by atoms with Gasteiger partial charge in [-0.15, -0.1) is 0 Å². The lowest BCUT2D eigenvalue weighted by Crippen LogP contribution is -2.31. The molecular weight excluding hydrogens is 416 g/mol. The molecular formula is C20H19F2N3O4S. The van der Waals surface area contributed by atoms with Crippen molar-refractivity contribution in [3.05, 3.63) is 77.9 Å². The Balaban J connectivity index is 1.91. The van der Waals surface area contributed by atoms with Gasteiger partial charge in [0.05, 0.1) is 12.0 Å². The number of hydrogen-bond acceptors (Lipinski definition) is 5. The molecule has 0 unspecified atom stereocenters. The molecule has 0 aliphatic carbocycles. The lowest BCUT2D eigenvalue weighted by Gasteiger charge is -2.20. The first-order chi connectivity index (χ1) is 14.2. The zero-order chi connectivity index (χ0) is 21.9. The maximum Gasteiger partial charge on any atom is 0.341 e. The van der Waals surface area contributed by atoms with Crippen LogP contribution in [-0.2, 0) is 16.9 Å². The van der Waals surface area contributed by atoms with Gasteiger partial charge in [-0.2, -0.15) is 8.78 Å². The quantitative estimate of drug-likeness (QED) is 0.616. The van der Waals surface area contributed by atoms with E-state index in [0.717, 1.165) is 12.1 Å². The number of sulfone groups is 1. The smallest absolute Gasteiger partial charge is 0.341 e. The number of benzene rings is 2. The molecule has 158 valence electrons. The minimum Gasteiger partial charge on any atom is -0.497 e. The van der Waals surface area contributed by atoms with Gasteiger partial charge in [0.1, 0.15) is 17.6 Å². The van der Waals surface area contributed by atoms with Crippen molar-refractivity contribution >= 4 is 15.7 Å². The van der Waals surface area contributed by atoms with Crippen LogP contribution in [0.2, 0.25) is 0 Å². The number of carbonyl (C=O) groups excluding carboxylic acids is 1. The summed E-state index contributed by atoms with van der Waals surface area (Å²) >= 11 is 0. The highest BCUT2D eigenvalue weighted by molar-refractivity contribution is 7.91. The average molecular weight is 435 g/mol. The van der Waals surface area contributed by atoms with Crippen LogP contribution in [0.1, 0.15) is 27.8 Å². The Kier molecular flexibility index (Phi) is 6.16. The molecule has 30 heavy (non-hydrogen) atoms. The van der Waals surface area contributed by atoms with Crippen LogP contribution in [0.4, 0.5) is 8.78 Å². The van der Waals surface area contributed by atoms with Crippen molar-refractivity contribution in [3.63, 3.8) is 0 Å². The van der Waals surface area contributed by atoms with Crippen molar-refractivity contribution in [2.75, 3.05) is 7.11 Å². The third-order valence-electron chi connectivity index (χ3n) is 4.50. The van der Waals surface area contributed by atoms with Gasteiger partial charge in [-0.3, -0.25) is 4.79 Å². The van der Waals surface area contributed by atoms with E-state index >= 15 is 0 Å². The molecule has 1 amide bonds. The predicted molar refractivity (Wildman–Crippen MR) is 105 cm³/mol. The van der Waals surface area contributed by atoms with Crippen LogP contribution in [0.15, 0.2) is 65.8 Å². The molecule has 0 fully saturated rings. The summed E-state index contributed by atoms with van der Waals surface area (Å²) in [5.41, 5.74) is 0.833. The number of methoxy groups -OCH3 is 1. The number of ether oxygens (including phenoxy) is 1. The van der Waals surface area contributed by atoms with E-state index in [-0.39, 0.29) is 5.56 Å². The Labute approximate surface area is 172 Å². The second-order valence-electron chi connectivity index (χ2n) is 6.41. The molecule has 3 rings (SSSR count). The molecule has 3 aromatic rings. The second-order valence-corrected chi connectivity index (χ2v) is 8.33. The summed E-state index contributed by atoms with van der Waals surface area (Å²) in [6.45, 7) is 0. The fourth-order valence-electron chi connectivity index (χ4n) is 2.89. The predicted octanol–water partition coefficient (Wildman–Crippen LogP) is 2.94. The van der Waals surface area contributed by atoms with E-state index in [9.17, 15) is 22.0 Å². The zero-order valence-electron chi connectivity index (χ0n) is 16.1. The summed E-state index contributed by atoms with van der Waals surface area (Å²) in [6.07, 6.45) is 3.33. The van der Waals surface area contributed by atoms with Crippen LogP contribution >= 0.6 is 0 Å². The third kappa shape index (κ3) is 4.33. The largest absolute Gasteiger partial charge is 0.497 e. The molecule has 0 aliphatic rings. The molecule has 1 heterocycles. The molecule has 0 saturated carbocycles. The first-order valence-electron chi connectivity index (χ1n) is 8.78. The van der Waals surface area contributed by atoms with E-state index in [0.29, 0.717) is 17.1 Å². The Morgan fingerprint density at radius 2 is 1.87 bits per heavy atom. The molecule has 0 bridgehead atoms. The van der Waals surface area contributed by atoms with Gasteiger partial charge in [0.2, 0.25) is 9.84 Å². The van der Waals surface area contributed by atoms with Crippen molar-refractivity contribution in [2.45, 2.75) is 16.7 Å². The first-order valence-corrected chi connectivity index (χ1v) is 10.3. The standard InChI is InChI=1S/C20H19F2N3O4S/c1-25-11-10-23-18(25)17(14-4-3-5-15(12-14)29-2)24-19(26)13-6-8-16(9-7-13)30(27,28)20(21)22/h3-12,17,20H,1-2H3,(H,24,26)/t17-/m0/s1. The Bertz CT molecular complexity index is 1140. The highest BCUT2D eigenvalue weighted by Crippen LogP contribution is 2.25. The van der Waals surface area contributed by atoms with Crippen LogP contribution in [0, 0.1) is 0 Å². The number of hydrogen-bond donors (Lipinski definition) is 1. The van der Waals surface area contributed by atoms with Crippen molar-refractivity contribution in [1.82, 2.24) is 14.9 Å². The van der Waals surface area contributed by atoms with E-state index < -0.39 is 32.4 Å². The van der Waals surface area contributed by atoms with Crippen molar-refractivity contribution in [1.29, 1.82) is 0 Å². The number of alkyl halides is 2. The van der Waals surface area contributed by atoms with Crippen molar-refractivity contribution in [3.8, 4) is 5.75 Å². The monoisotopic (exact) mass is 435 g/mol. The maximum atomic E-state index is 12.8. The van der Waals surface area contributed by atoms with Crippen LogP contribution in [0.25, 0.3) is 0 Å². The zero-order valence-corrected chi connectivity index (χ0v) is 16.9. The molecule has 1 aromatic heterocycles. The molecule has 10 heteroatoms. The van der Waals surface area contributed by atoms with Gasteiger partial charge < -0.3 is 14.6 Å². The Hall–Kier alpha value is -3.27. The molecule has 0 saturated heterocycles. The molecule has 0 spiro atoms. The fraction of sp³-hybridized carbons (Fsp3) is 0.200. The molecule has 0 aliphatic heterocycles. The molecule has 7 nitrogen and oxygen atoms in total. The summed E-state index contributed by atoms with van der Waals surface area (Å²) in [7, 11) is -1.41. The van der Waals surface area contributed by atoms with Gasteiger partial charge in [0, 0.05) is 25.0 Å². The molecule has 2 aromatic carbocycles. The summed E-state index contributed by atoms with van der Waals surface area (Å²) in [5.74, 6) is -2.89. The maximum absolute atomic E-state index is 12.8. The van der Waals surface area contributed by atoms with Gasteiger partial charge in [-0.1, -0.05) is 12.1 Å². The molecule has 1 atom stereocenters. The number of aryl methyl sites for hydroxylation is 1. The lowest BCUT2D eigenvalue weighted by atomic mass is 10.0. The SMILES string of the molecule is COc1cccc([C@H](NC(=O)c2ccc(S(=O)(=O)C(F)F)cc2)c2nccn2C)c1. The highest BCUT2D eigenvalue weighted by Gasteiger charge is 2.27. The van der Waals surface area contributed by atoms with Crippen LogP contribution in [0.3, 0.4) is 0 Å². The Morgan fingerprint density at radius 3 is 2.43 bits per heavy atom. The van der Waals surface area contributed by atoms with Gasteiger partial charge >= 0.3 is 5.76 Å². The summed E-state index contributed by atoms with van der Waals surface area (Å²) in [6, 6.07) is 10.8. The lowest BCUT2D eigenvalue weighted by molar-refractivity contribution is 0.0941. The topological polar surface area (TPSA) is 90.3 Å². The highest BCUT2D eigenvalue weighted by atomic mass is 32.2. The van der Waals surface area contributed by atoms with E-state index in [4.69, 9.17) is 4.74 Å². The summed E-state index contributed by atoms with van der Waals surface area (Å²) in [5, 5.41) is 2.85. The van der Waals surface area contributed by atoms with E-state index in [2.05, 4.69) is 10.3 Å². The Morgan fingerprint density at radius 1 is 1.17 bits per heavy atom. The number of amides is 1. The molecule has 0 radical (unpaired) electrons. The van der Waals surface area contributed by atoms with Gasteiger partial charge in [0.15, 0.2) is 0 Å². The van der Waals surface area contributed by atoms with Gasteiger partial charge in [0.25, 0.3) is 5.91 Å². The van der Waals surface area contributed by atoms with Gasteiger partial charge in [-0.05, 0) is 42.0 Å².